The number of carbonyl (C=O) groups excluding carboxylic acids is 5. The molecule has 0 bridgehead atoms. The first-order valence-electron chi connectivity index (χ1n) is 19.5. The molecule has 348 valence electrons. The Kier molecular flexibility index (Phi) is 17.2. The highest BCUT2D eigenvalue weighted by atomic mass is 32.2. The second kappa shape index (κ2) is 21.6. The topological polar surface area (TPSA) is 276 Å². The van der Waals surface area contributed by atoms with Gasteiger partial charge in [0.05, 0.1) is 44.3 Å². The Morgan fingerprint density at radius 2 is 0.969 bits per heavy atom. The molecule has 27 heteroatoms. The molecule has 19 nitrogen and oxygen atoms in total. The van der Waals surface area contributed by atoms with E-state index in [-0.39, 0.29) is 48.9 Å². The number of nitrogens with zero attached hydrogens (tertiary/aromatic N) is 8. The fraction of sp³-hybridized carbons (Fsp3) is 0.541. The minimum atomic E-state index is -4.76. The zero-order chi connectivity index (χ0) is 47.5. The Morgan fingerprint density at radius 1 is 0.625 bits per heavy atom. The van der Waals surface area contributed by atoms with E-state index < -0.39 is 131 Å². The Balaban J connectivity index is 1.48. The summed E-state index contributed by atoms with van der Waals surface area (Å²) in [6.45, 7) is 0.196. The first-order chi connectivity index (χ1) is 30.0. The molecule has 2 aliphatic rings. The molecule has 0 spiro atoms. The SMILES string of the molecule is [N-]=[N+]=NCCCCCC(CS(=O)(=O)c1ccc(C(F)(F)F)cc1)C1CC(=O)N(OC(=O)ON2C(=O)CC(C(CCCCCN=[N+]=[N-])CS(=O)(=O)c3ccc(C(F)(F)F)cc3)C2=O)C1=O. The average Bonchev–Trinajstić information content (AvgIpc) is 3.66. The molecule has 4 unspecified atom stereocenters. The lowest BCUT2D eigenvalue weighted by molar-refractivity contribution is -0.199. The molecule has 2 aromatic carbocycles. The standard InChI is InChI=1S/C37H40F6N8O11S2/c38-36(39,40)25-9-13-27(14-10-25)63(57,58)21-23(7-3-1-5-17-46-48-44)29-19-31(52)50(33(29)54)61-35(56)62-51-32(53)20-30(34(51)55)24(8-4-2-6-18-47-49-45)22-64(59,60)28-15-11-26(12-16-28)37(41,42)43/h9-16,23-24,29-30H,1-8,17-22H2. The summed E-state index contributed by atoms with van der Waals surface area (Å²) in [5, 5.41) is 6.68. The minimum absolute atomic E-state index is 0.0418. The number of rotatable bonds is 22. The Hall–Kier alpha value is -5.91. The van der Waals surface area contributed by atoms with Gasteiger partial charge in [0.2, 0.25) is 0 Å². The van der Waals surface area contributed by atoms with Crippen molar-refractivity contribution in [2.75, 3.05) is 24.6 Å². The molecule has 4 rings (SSSR count). The number of sulfone groups is 2. The summed E-state index contributed by atoms with van der Waals surface area (Å²) in [7, 11) is -8.81. The molecular weight excluding hydrogens is 911 g/mol. The maximum atomic E-state index is 13.6. The fourth-order valence-electron chi connectivity index (χ4n) is 7.24. The maximum absolute atomic E-state index is 13.6. The van der Waals surface area contributed by atoms with Gasteiger partial charge in [0, 0.05) is 35.8 Å². The zero-order valence-corrected chi connectivity index (χ0v) is 35.1. The Morgan fingerprint density at radius 3 is 1.28 bits per heavy atom. The van der Waals surface area contributed by atoms with Crippen molar-refractivity contribution in [3.8, 4) is 0 Å². The number of hydrogen-bond donors (Lipinski definition) is 0. The van der Waals surface area contributed by atoms with Gasteiger partial charge in [0.15, 0.2) is 19.7 Å². The highest BCUT2D eigenvalue weighted by Gasteiger charge is 2.50. The third-order valence-corrected chi connectivity index (χ3v) is 14.2. The van der Waals surface area contributed by atoms with Crippen molar-refractivity contribution in [1.29, 1.82) is 0 Å². The van der Waals surface area contributed by atoms with Crippen molar-refractivity contribution in [3.05, 3.63) is 80.5 Å². The van der Waals surface area contributed by atoms with Crippen molar-refractivity contribution in [1.82, 2.24) is 10.1 Å². The van der Waals surface area contributed by atoms with Gasteiger partial charge >= 0.3 is 18.5 Å². The van der Waals surface area contributed by atoms with Crippen molar-refractivity contribution < 1.29 is 76.8 Å². The van der Waals surface area contributed by atoms with Crippen LogP contribution in [0.1, 0.15) is 75.3 Å². The molecule has 0 aromatic heterocycles. The molecule has 4 amide bonds. The van der Waals surface area contributed by atoms with E-state index in [1.54, 1.807) is 0 Å². The van der Waals surface area contributed by atoms with E-state index >= 15 is 0 Å². The van der Waals surface area contributed by atoms with Gasteiger partial charge in [0.25, 0.3) is 23.6 Å². The predicted octanol–water partition coefficient (Wildman–Crippen LogP) is 7.68. The fourth-order valence-corrected chi connectivity index (χ4v) is 10.7. The van der Waals surface area contributed by atoms with Crippen LogP contribution in [0.5, 0.6) is 0 Å². The molecular formula is C37H40F6N8O11S2. The molecule has 2 aliphatic heterocycles. The highest BCUT2D eigenvalue weighted by molar-refractivity contribution is 7.91. The van der Waals surface area contributed by atoms with Crippen LogP contribution in [0, 0.1) is 23.7 Å². The van der Waals surface area contributed by atoms with E-state index in [0.29, 0.717) is 49.9 Å². The number of alkyl halides is 6. The summed E-state index contributed by atoms with van der Waals surface area (Å²) in [5.74, 6) is -11.7. The summed E-state index contributed by atoms with van der Waals surface area (Å²) >= 11 is 0. The van der Waals surface area contributed by atoms with Crippen molar-refractivity contribution >= 4 is 49.5 Å². The number of benzene rings is 2. The van der Waals surface area contributed by atoms with Crippen LogP contribution in [0.25, 0.3) is 20.9 Å². The van der Waals surface area contributed by atoms with Crippen LogP contribution in [0.3, 0.4) is 0 Å². The molecule has 2 aromatic rings. The van der Waals surface area contributed by atoms with E-state index in [0.717, 1.165) is 24.3 Å². The number of hydrogen-bond acceptors (Lipinski definition) is 13. The van der Waals surface area contributed by atoms with Gasteiger partial charge in [-0.1, -0.05) is 46.0 Å². The monoisotopic (exact) mass is 950 g/mol. The number of imide groups is 2. The summed E-state index contributed by atoms with van der Waals surface area (Å²) in [6.07, 6.45) is -11.0. The summed E-state index contributed by atoms with van der Waals surface area (Å²) in [4.78, 5) is 80.0. The van der Waals surface area contributed by atoms with E-state index in [4.69, 9.17) is 20.7 Å². The lowest BCUT2D eigenvalue weighted by Crippen LogP contribution is -2.40. The lowest BCUT2D eigenvalue weighted by atomic mass is 9.88. The van der Waals surface area contributed by atoms with Crippen LogP contribution < -0.4 is 0 Å². The molecule has 0 N–H and O–H groups in total. The Bertz CT molecular complexity index is 2210. The van der Waals surface area contributed by atoms with Crippen LogP contribution in [0.2, 0.25) is 0 Å². The van der Waals surface area contributed by atoms with E-state index in [2.05, 4.69) is 20.1 Å². The van der Waals surface area contributed by atoms with Gasteiger partial charge in [-0.3, -0.25) is 28.9 Å². The summed E-state index contributed by atoms with van der Waals surface area (Å²) in [5.41, 5.74) is 14.8. The first-order valence-corrected chi connectivity index (χ1v) is 22.8. The van der Waals surface area contributed by atoms with Crippen LogP contribution in [-0.4, -0.2) is 81.3 Å². The number of hydroxylamine groups is 4. The maximum Gasteiger partial charge on any atom is 0.560 e. The van der Waals surface area contributed by atoms with Gasteiger partial charge in [-0.05, 0) is 97.1 Å². The van der Waals surface area contributed by atoms with Gasteiger partial charge in [-0.15, -0.1) is 0 Å². The van der Waals surface area contributed by atoms with Gasteiger partial charge in [-0.2, -0.15) is 31.1 Å². The average molecular weight is 951 g/mol. The quantitative estimate of drug-likeness (QED) is 0.0275. The van der Waals surface area contributed by atoms with Crippen LogP contribution in [-0.2, 0) is 60.9 Å². The molecule has 0 saturated carbocycles. The molecule has 2 fully saturated rings. The normalized spacial score (nSPS) is 18.1. The van der Waals surface area contributed by atoms with Crippen molar-refractivity contribution in [2.45, 2.75) is 86.4 Å². The zero-order valence-electron chi connectivity index (χ0n) is 33.5. The molecule has 0 radical (unpaired) electrons. The smallest absolute Gasteiger partial charge is 0.293 e. The second-order valence-electron chi connectivity index (χ2n) is 14.8. The number of azide groups is 2. The summed E-state index contributed by atoms with van der Waals surface area (Å²) in [6, 6.07) is 5.19. The van der Waals surface area contributed by atoms with E-state index in [1.165, 1.54) is 0 Å². The van der Waals surface area contributed by atoms with Crippen LogP contribution in [0.4, 0.5) is 31.1 Å². The van der Waals surface area contributed by atoms with Gasteiger partial charge < -0.3 is 0 Å². The second-order valence-corrected chi connectivity index (χ2v) is 18.9. The molecule has 0 aliphatic carbocycles. The third kappa shape index (κ3) is 13.5. The highest BCUT2D eigenvalue weighted by Crippen LogP contribution is 2.37. The number of halogens is 6. The van der Waals surface area contributed by atoms with Crippen molar-refractivity contribution in [2.24, 2.45) is 33.9 Å². The van der Waals surface area contributed by atoms with E-state index in [1.807, 2.05) is 0 Å². The van der Waals surface area contributed by atoms with Crippen molar-refractivity contribution in [3.63, 3.8) is 0 Å². The Labute approximate surface area is 361 Å². The number of unbranched alkanes of at least 4 members (excludes halogenated alkanes) is 4. The summed E-state index contributed by atoms with van der Waals surface area (Å²) < 4.78 is 132. The minimum Gasteiger partial charge on any atom is -0.293 e. The largest absolute Gasteiger partial charge is 0.560 e. The predicted molar refractivity (Wildman–Crippen MR) is 206 cm³/mol. The molecule has 4 atom stereocenters. The van der Waals surface area contributed by atoms with E-state index in [9.17, 15) is 67.2 Å². The molecule has 64 heavy (non-hydrogen) atoms. The van der Waals surface area contributed by atoms with Gasteiger partial charge in [0.1, 0.15) is 0 Å². The molecule has 2 saturated heterocycles. The molecule has 2 heterocycles. The number of carbonyl (C=O) groups is 5. The number of amides is 4. The first kappa shape index (κ1) is 50.7. The van der Waals surface area contributed by atoms with Crippen LogP contribution >= 0.6 is 0 Å². The van der Waals surface area contributed by atoms with Gasteiger partial charge in [-0.25, -0.2) is 16.8 Å². The third-order valence-electron chi connectivity index (χ3n) is 10.5. The van der Waals surface area contributed by atoms with Crippen LogP contribution in [0.15, 0.2) is 68.6 Å². The lowest BCUT2D eigenvalue weighted by Gasteiger charge is -2.23.